The Morgan fingerprint density at radius 1 is 1.16 bits per heavy atom. The molecule has 4 rings (SSSR count). The minimum Gasteiger partial charge on any atom is -0.464 e. The predicted molar refractivity (Wildman–Crippen MR) is 122 cm³/mol. The molecule has 6 nitrogen and oxygen atoms in total. The second-order valence-electron chi connectivity index (χ2n) is 8.50. The smallest absolute Gasteiger partial charge is 0.243 e. The number of hydrogen-bond donors (Lipinski definition) is 1. The van der Waals surface area contributed by atoms with Crippen LogP contribution in [-0.4, -0.2) is 31.7 Å². The Bertz CT molecular complexity index is 1210. The summed E-state index contributed by atoms with van der Waals surface area (Å²) >= 11 is 0. The Kier molecular flexibility index (Phi) is 5.90. The van der Waals surface area contributed by atoms with Gasteiger partial charge >= 0.3 is 0 Å². The summed E-state index contributed by atoms with van der Waals surface area (Å²) in [7, 11) is -3.50. The number of nitrogens with one attached hydrogen (secondary N) is 1. The molecule has 1 fully saturated rings. The van der Waals surface area contributed by atoms with Gasteiger partial charge in [0.2, 0.25) is 15.9 Å². The number of hydrogen-bond acceptors (Lipinski definition) is 4. The van der Waals surface area contributed by atoms with E-state index in [2.05, 4.69) is 12.2 Å². The van der Waals surface area contributed by atoms with Crippen molar-refractivity contribution in [1.29, 1.82) is 0 Å². The highest BCUT2D eigenvalue weighted by molar-refractivity contribution is 7.89. The van der Waals surface area contributed by atoms with E-state index in [1.165, 1.54) is 0 Å². The highest BCUT2D eigenvalue weighted by Gasteiger charge is 2.28. The van der Waals surface area contributed by atoms with E-state index in [0.29, 0.717) is 24.7 Å². The number of carbonyl (C=O) groups is 1. The van der Waals surface area contributed by atoms with Crippen LogP contribution in [0.25, 0.3) is 11.0 Å². The van der Waals surface area contributed by atoms with Crippen molar-refractivity contribution in [2.45, 2.75) is 44.9 Å². The van der Waals surface area contributed by atoms with Crippen molar-refractivity contribution in [3.63, 3.8) is 0 Å². The Morgan fingerprint density at radius 2 is 1.90 bits per heavy atom. The highest BCUT2D eigenvalue weighted by atomic mass is 32.2. The number of aryl methyl sites for hydroxylation is 2. The maximum atomic E-state index is 12.9. The summed E-state index contributed by atoms with van der Waals surface area (Å²) in [6.45, 7) is 7.22. The summed E-state index contributed by atoms with van der Waals surface area (Å²) in [6, 6.07) is 10.4. The molecule has 1 saturated heterocycles. The Labute approximate surface area is 183 Å². The largest absolute Gasteiger partial charge is 0.464 e. The number of rotatable bonds is 5. The summed E-state index contributed by atoms with van der Waals surface area (Å²) in [5, 5.41) is 3.79. The van der Waals surface area contributed by atoms with E-state index in [4.69, 9.17) is 4.42 Å². The molecular formula is C24H28N2O4S. The molecule has 1 amide bonds. The lowest BCUT2D eigenvalue weighted by molar-refractivity contribution is -0.115. The van der Waals surface area contributed by atoms with Crippen LogP contribution in [0.4, 0.5) is 5.69 Å². The van der Waals surface area contributed by atoms with Crippen molar-refractivity contribution in [2.75, 3.05) is 18.4 Å². The van der Waals surface area contributed by atoms with Crippen molar-refractivity contribution in [3.05, 3.63) is 59.4 Å². The normalized spacial score (nSPS) is 17.7. The van der Waals surface area contributed by atoms with Gasteiger partial charge in [-0.3, -0.25) is 4.79 Å². The second-order valence-corrected chi connectivity index (χ2v) is 10.4. The average molecular weight is 441 g/mol. The molecule has 0 spiro atoms. The van der Waals surface area contributed by atoms with Gasteiger partial charge in [0.1, 0.15) is 5.58 Å². The molecule has 1 aromatic heterocycles. The maximum Gasteiger partial charge on any atom is 0.243 e. The number of amides is 1. The molecule has 1 atom stereocenters. The van der Waals surface area contributed by atoms with Crippen LogP contribution in [0.5, 0.6) is 0 Å². The molecule has 2 aromatic carbocycles. The zero-order valence-corrected chi connectivity index (χ0v) is 19.0. The molecule has 0 aliphatic carbocycles. The minimum atomic E-state index is -3.50. The van der Waals surface area contributed by atoms with E-state index in [1.807, 2.05) is 26.0 Å². The van der Waals surface area contributed by atoms with E-state index < -0.39 is 10.0 Å². The van der Waals surface area contributed by atoms with Crippen LogP contribution in [0.15, 0.2) is 52.0 Å². The fourth-order valence-electron chi connectivity index (χ4n) is 4.13. The Morgan fingerprint density at radius 3 is 2.61 bits per heavy atom. The van der Waals surface area contributed by atoms with Crippen molar-refractivity contribution < 1.29 is 17.6 Å². The molecule has 1 N–H and O–H groups in total. The number of fused-ring (bicyclic) bond motifs is 1. The summed E-state index contributed by atoms with van der Waals surface area (Å²) in [5.74, 6) is 0.190. The molecule has 1 aliphatic rings. The van der Waals surface area contributed by atoms with Gasteiger partial charge < -0.3 is 9.73 Å². The van der Waals surface area contributed by atoms with Crippen molar-refractivity contribution in [3.8, 4) is 0 Å². The van der Waals surface area contributed by atoms with Crippen LogP contribution in [0.2, 0.25) is 0 Å². The fraction of sp³-hybridized carbons (Fsp3) is 0.375. The summed E-state index contributed by atoms with van der Waals surface area (Å²) < 4.78 is 33.0. The lowest BCUT2D eigenvalue weighted by atomic mass is 10.0. The Hall–Kier alpha value is -2.64. The lowest BCUT2D eigenvalue weighted by Gasteiger charge is -2.30. The second kappa shape index (κ2) is 8.48. The van der Waals surface area contributed by atoms with Gasteiger partial charge in [-0.2, -0.15) is 4.31 Å². The monoisotopic (exact) mass is 440 g/mol. The van der Waals surface area contributed by atoms with Crippen LogP contribution in [0.3, 0.4) is 0 Å². The number of furan rings is 1. The van der Waals surface area contributed by atoms with Gasteiger partial charge in [-0.25, -0.2) is 8.42 Å². The molecule has 7 heteroatoms. The molecule has 2 heterocycles. The summed E-state index contributed by atoms with van der Waals surface area (Å²) in [6.07, 6.45) is 3.76. The third kappa shape index (κ3) is 4.38. The first-order valence-corrected chi connectivity index (χ1v) is 12.1. The van der Waals surface area contributed by atoms with Crippen LogP contribution in [-0.2, 0) is 21.2 Å². The molecule has 0 saturated carbocycles. The first-order valence-electron chi connectivity index (χ1n) is 10.6. The number of anilines is 1. The number of carbonyl (C=O) groups excluding carboxylic acids is 1. The third-order valence-corrected chi connectivity index (χ3v) is 7.97. The van der Waals surface area contributed by atoms with Gasteiger partial charge in [-0.15, -0.1) is 0 Å². The van der Waals surface area contributed by atoms with Crippen LogP contribution < -0.4 is 5.32 Å². The van der Waals surface area contributed by atoms with Gasteiger partial charge in [0.15, 0.2) is 0 Å². The maximum absolute atomic E-state index is 12.9. The van der Waals surface area contributed by atoms with Gasteiger partial charge in [0.25, 0.3) is 0 Å². The average Bonchev–Trinajstić information content (AvgIpc) is 3.14. The van der Waals surface area contributed by atoms with Gasteiger partial charge in [0.05, 0.1) is 17.6 Å². The van der Waals surface area contributed by atoms with Gasteiger partial charge in [0, 0.05) is 29.7 Å². The van der Waals surface area contributed by atoms with Gasteiger partial charge in [-0.1, -0.05) is 19.1 Å². The third-order valence-electron chi connectivity index (χ3n) is 6.09. The van der Waals surface area contributed by atoms with Crippen LogP contribution >= 0.6 is 0 Å². The zero-order valence-electron chi connectivity index (χ0n) is 18.1. The lowest BCUT2D eigenvalue weighted by Crippen LogP contribution is -2.39. The molecule has 164 valence electrons. The van der Waals surface area contributed by atoms with E-state index in [9.17, 15) is 13.2 Å². The molecule has 0 bridgehead atoms. The first-order chi connectivity index (χ1) is 14.8. The molecule has 31 heavy (non-hydrogen) atoms. The van der Waals surface area contributed by atoms with E-state index in [-0.39, 0.29) is 17.2 Å². The number of piperidine rings is 1. The van der Waals surface area contributed by atoms with Crippen LogP contribution in [0.1, 0.15) is 36.5 Å². The first kappa shape index (κ1) is 21.6. The molecule has 1 aliphatic heterocycles. The molecule has 1 unspecified atom stereocenters. The van der Waals surface area contributed by atoms with E-state index in [0.717, 1.165) is 40.5 Å². The van der Waals surface area contributed by atoms with Gasteiger partial charge in [-0.05, 0) is 68.0 Å². The molecule has 3 aromatic rings. The minimum absolute atomic E-state index is 0.179. The number of benzene rings is 2. The quantitative estimate of drug-likeness (QED) is 0.626. The standard InChI is InChI=1S/C24H28N2O4S/c1-16-5-4-12-26(14-16)31(28,29)21-9-7-20(8-10-21)25-23(27)13-19-15-30-24-18(3)17(2)6-11-22(19)24/h6-11,15-16H,4-5,12-14H2,1-3H3,(H,25,27). The summed E-state index contributed by atoms with van der Waals surface area (Å²) in [5.41, 5.74) is 4.42. The summed E-state index contributed by atoms with van der Waals surface area (Å²) in [4.78, 5) is 12.8. The van der Waals surface area contributed by atoms with Crippen molar-refractivity contribution in [1.82, 2.24) is 4.31 Å². The Balaban J connectivity index is 1.44. The van der Waals surface area contributed by atoms with Crippen molar-refractivity contribution >= 4 is 32.6 Å². The SMILES string of the molecule is Cc1ccc2c(CC(=O)Nc3ccc(S(=O)(=O)N4CCCC(C)C4)cc3)coc2c1C. The topological polar surface area (TPSA) is 79.6 Å². The van der Waals surface area contributed by atoms with Crippen molar-refractivity contribution in [2.24, 2.45) is 5.92 Å². The van der Waals surface area contributed by atoms with E-state index >= 15 is 0 Å². The zero-order chi connectivity index (χ0) is 22.2. The number of nitrogens with zero attached hydrogens (tertiary/aromatic N) is 1. The van der Waals surface area contributed by atoms with Crippen LogP contribution in [0, 0.1) is 19.8 Å². The molecular weight excluding hydrogens is 412 g/mol. The highest BCUT2D eigenvalue weighted by Crippen LogP contribution is 2.27. The fourth-order valence-corrected chi connectivity index (χ4v) is 5.73. The predicted octanol–water partition coefficient (Wildman–Crippen LogP) is 4.65. The van der Waals surface area contributed by atoms with E-state index in [1.54, 1.807) is 34.8 Å². The number of sulfonamides is 1. The molecule has 0 radical (unpaired) electrons.